The molecule has 4 aromatic rings. The number of ether oxygens (including phenoxy) is 2. The van der Waals surface area contributed by atoms with Crippen LogP contribution in [0.4, 0.5) is 43.9 Å². The van der Waals surface area contributed by atoms with Crippen molar-refractivity contribution < 1.29 is 63.6 Å². The lowest BCUT2D eigenvalue weighted by Gasteiger charge is -2.38. The summed E-state index contributed by atoms with van der Waals surface area (Å²) in [6.45, 7) is 3.31. The molecular formula is C40H28F10N2O4. The molecule has 0 saturated heterocycles. The molecule has 2 N–H and O–H groups in total. The molecule has 56 heavy (non-hydrogen) atoms. The Balaban J connectivity index is 0.000000172. The predicted octanol–water partition coefficient (Wildman–Crippen LogP) is 10.6. The van der Waals surface area contributed by atoms with Crippen LogP contribution in [0.15, 0.2) is 60.7 Å². The molecule has 0 amide bonds. The third kappa shape index (κ3) is 5.29. The van der Waals surface area contributed by atoms with Gasteiger partial charge in [0.1, 0.15) is 34.6 Å². The van der Waals surface area contributed by atoms with Gasteiger partial charge >= 0.3 is 23.7 Å². The summed E-state index contributed by atoms with van der Waals surface area (Å²) < 4.78 is 154. The monoisotopic (exact) mass is 790 g/mol. The van der Waals surface area contributed by atoms with E-state index in [1.54, 1.807) is 26.0 Å². The molecule has 8 rings (SSSR count). The van der Waals surface area contributed by atoms with E-state index in [1.807, 2.05) is 0 Å². The molecule has 0 saturated carbocycles. The molecule has 292 valence electrons. The Bertz CT molecular complexity index is 2220. The summed E-state index contributed by atoms with van der Waals surface area (Å²) >= 11 is 0. The summed E-state index contributed by atoms with van der Waals surface area (Å²) in [6.07, 6.45) is -0.944. The molecule has 16 heteroatoms. The number of hydrogen-bond donors (Lipinski definition) is 2. The zero-order valence-electron chi connectivity index (χ0n) is 29.1. The second-order valence-electron chi connectivity index (χ2n) is 14.5. The van der Waals surface area contributed by atoms with E-state index in [9.17, 15) is 54.1 Å². The quantitative estimate of drug-likeness (QED) is 0.199. The third-order valence-corrected chi connectivity index (χ3v) is 11.1. The zero-order chi connectivity index (χ0) is 41.0. The van der Waals surface area contributed by atoms with Crippen LogP contribution in [0.25, 0.3) is 0 Å². The van der Waals surface area contributed by atoms with Crippen LogP contribution in [-0.4, -0.2) is 22.1 Å². The van der Waals surface area contributed by atoms with E-state index in [0.717, 1.165) is 48.5 Å². The predicted molar refractivity (Wildman–Crippen MR) is 176 cm³/mol. The molecule has 0 unspecified atom stereocenters. The van der Waals surface area contributed by atoms with Gasteiger partial charge in [0.2, 0.25) is 0 Å². The Morgan fingerprint density at radius 3 is 1.29 bits per heavy atom. The Morgan fingerprint density at radius 2 is 0.946 bits per heavy atom. The Kier molecular flexibility index (Phi) is 8.76. The Hall–Kier alpha value is -5.32. The summed E-state index contributed by atoms with van der Waals surface area (Å²) in [5.41, 5.74) is -8.85. The van der Waals surface area contributed by atoms with E-state index in [2.05, 4.69) is 0 Å². The van der Waals surface area contributed by atoms with Gasteiger partial charge < -0.3 is 19.7 Å². The van der Waals surface area contributed by atoms with Crippen LogP contribution in [0, 0.1) is 34.3 Å². The van der Waals surface area contributed by atoms with Crippen LogP contribution in [0.2, 0.25) is 0 Å². The average Bonchev–Trinajstić information content (AvgIpc) is 3.33. The Morgan fingerprint density at radius 1 is 0.589 bits per heavy atom. The van der Waals surface area contributed by atoms with Crippen molar-refractivity contribution in [3.8, 4) is 35.1 Å². The van der Waals surface area contributed by atoms with Crippen molar-refractivity contribution in [2.45, 2.75) is 86.3 Å². The van der Waals surface area contributed by atoms with E-state index in [0.29, 0.717) is 0 Å². The zero-order valence-corrected chi connectivity index (χ0v) is 29.1. The average molecular weight is 791 g/mol. The lowest BCUT2D eigenvalue weighted by molar-refractivity contribution is -0.289. The highest BCUT2D eigenvalue weighted by Gasteiger charge is 2.78. The molecule has 0 radical (unpaired) electrons. The normalized spacial score (nSPS) is 26.4. The molecule has 0 spiro atoms. The first-order valence-corrected chi connectivity index (χ1v) is 17.1. The van der Waals surface area contributed by atoms with Crippen LogP contribution in [0.3, 0.4) is 0 Å². The van der Waals surface area contributed by atoms with Crippen molar-refractivity contribution in [3.63, 3.8) is 0 Å². The molecule has 4 aromatic carbocycles. The maximum atomic E-state index is 14.5. The van der Waals surface area contributed by atoms with E-state index in [-0.39, 0.29) is 58.1 Å². The fourth-order valence-corrected chi connectivity index (χ4v) is 8.27. The summed E-state index contributed by atoms with van der Waals surface area (Å²) in [5, 5.41) is 39.1. The largest absolute Gasteiger partial charge is 0.457 e. The van der Waals surface area contributed by atoms with Gasteiger partial charge in [0.25, 0.3) is 0 Å². The fraction of sp³-hybridized carbons (Fsp3) is 0.350. The minimum absolute atomic E-state index is 0.0209. The fourth-order valence-electron chi connectivity index (χ4n) is 8.27. The van der Waals surface area contributed by atoms with E-state index in [4.69, 9.17) is 20.0 Å². The summed E-state index contributed by atoms with van der Waals surface area (Å²) in [6, 6.07) is 13.8. The summed E-state index contributed by atoms with van der Waals surface area (Å²) in [4.78, 5) is 0. The van der Waals surface area contributed by atoms with Gasteiger partial charge in [-0.15, -0.1) is 0 Å². The van der Waals surface area contributed by atoms with Crippen molar-refractivity contribution in [2.24, 2.45) is 0 Å². The number of nitrogens with zero attached hydrogens (tertiary/aromatic N) is 2. The van der Waals surface area contributed by atoms with Gasteiger partial charge in [-0.05, 0) is 86.1 Å². The number of nitriles is 2. The minimum Gasteiger partial charge on any atom is -0.457 e. The Labute approximate surface area is 312 Å². The van der Waals surface area contributed by atoms with Gasteiger partial charge in [-0.1, -0.05) is 13.8 Å². The first-order chi connectivity index (χ1) is 26.1. The first kappa shape index (κ1) is 38.9. The van der Waals surface area contributed by atoms with Gasteiger partial charge in [-0.3, -0.25) is 0 Å². The first-order valence-electron chi connectivity index (χ1n) is 17.1. The van der Waals surface area contributed by atoms with Crippen molar-refractivity contribution in [1.82, 2.24) is 0 Å². The number of halogens is 10. The number of alkyl halides is 8. The maximum absolute atomic E-state index is 14.5. The highest BCUT2D eigenvalue weighted by atomic mass is 19.3. The molecule has 4 atom stereocenters. The minimum atomic E-state index is -4.66. The third-order valence-electron chi connectivity index (χ3n) is 11.1. The number of benzene rings is 4. The van der Waals surface area contributed by atoms with E-state index >= 15 is 0 Å². The maximum Gasteiger partial charge on any atom is 0.346 e. The van der Waals surface area contributed by atoms with Crippen molar-refractivity contribution in [3.05, 3.63) is 117 Å². The van der Waals surface area contributed by atoms with Crippen LogP contribution in [0.5, 0.6) is 23.0 Å². The topological polar surface area (TPSA) is 106 Å². The SMILES string of the molecule is C[C@@H]1CC[C@]2(O)c3c(ccc(Oc4cc(F)cc(C#N)c4)c31)C(F)(F)C2(F)F.C[C@H]1CC[C@@]2(O)c3c(ccc(Oc4cc(F)cc(C#N)c4)c31)C(F)(F)C2(F)F. The second-order valence-corrected chi connectivity index (χ2v) is 14.5. The highest BCUT2D eigenvalue weighted by molar-refractivity contribution is 5.60. The van der Waals surface area contributed by atoms with Crippen molar-refractivity contribution >= 4 is 0 Å². The smallest absolute Gasteiger partial charge is 0.346 e. The molecule has 0 bridgehead atoms. The summed E-state index contributed by atoms with van der Waals surface area (Å²) in [5.74, 6) is -21.0. The summed E-state index contributed by atoms with van der Waals surface area (Å²) in [7, 11) is 0. The van der Waals surface area contributed by atoms with E-state index < -0.39 is 93.5 Å². The van der Waals surface area contributed by atoms with Crippen LogP contribution in [-0.2, 0) is 23.0 Å². The van der Waals surface area contributed by atoms with Crippen molar-refractivity contribution in [1.29, 1.82) is 10.5 Å². The van der Waals surface area contributed by atoms with Gasteiger partial charge in [0.05, 0.1) is 23.3 Å². The second kappa shape index (κ2) is 12.6. The highest BCUT2D eigenvalue weighted by Crippen LogP contribution is 2.68. The lowest BCUT2D eigenvalue weighted by Crippen LogP contribution is -2.50. The van der Waals surface area contributed by atoms with E-state index in [1.165, 1.54) is 12.1 Å². The van der Waals surface area contributed by atoms with Gasteiger partial charge in [0, 0.05) is 45.5 Å². The number of hydrogen-bond acceptors (Lipinski definition) is 6. The van der Waals surface area contributed by atoms with Crippen LogP contribution < -0.4 is 9.47 Å². The molecule has 4 aliphatic carbocycles. The van der Waals surface area contributed by atoms with Crippen LogP contribution >= 0.6 is 0 Å². The molecule has 6 nitrogen and oxygen atoms in total. The molecular weight excluding hydrogens is 762 g/mol. The lowest BCUT2D eigenvalue weighted by atomic mass is 9.74. The standard InChI is InChI=1S/2C20H14F5NO2/c2*1-10-4-5-18(27)17-14(19(22,23)20(18,24)25)2-3-15(16(10)17)28-13-7-11(9-26)6-12(21)8-13/h2*2-3,6-8,10,27H,4-5H2,1H3/t2*10-,18+/m10/s1. The molecule has 4 aliphatic rings. The van der Waals surface area contributed by atoms with Gasteiger partial charge in [-0.25, -0.2) is 8.78 Å². The molecule has 0 aromatic heterocycles. The van der Waals surface area contributed by atoms with Crippen LogP contribution in [0.1, 0.15) is 95.9 Å². The molecule has 0 heterocycles. The van der Waals surface area contributed by atoms with Gasteiger partial charge in [0.15, 0.2) is 11.2 Å². The molecule has 0 fully saturated rings. The van der Waals surface area contributed by atoms with Gasteiger partial charge in [-0.2, -0.15) is 45.6 Å². The number of aliphatic hydroxyl groups is 2. The molecule has 0 aliphatic heterocycles. The number of rotatable bonds is 4. The van der Waals surface area contributed by atoms with Crippen molar-refractivity contribution in [2.75, 3.05) is 0 Å².